The van der Waals surface area contributed by atoms with Crippen LogP contribution < -0.4 is 11.3 Å². The molecule has 0 aliphatic heterocycles. The van der Waals surface area contributed by atoms with Crippen LogP contribution in [0.15, 0.2) is 64.5 Å². The quantitative estimate of drug-likeness (QED) is 0.288. The van der Waals surface area contributed by atoms with Gasteiger partial charge >= 0.3 is 0 Å². The summed E-state index contributed by atoms with van der Waals surface area (Å²) in [4.78, 5) is 30.1. The number of nitrogens with zero attached hydrogens (tertiary/aromatic N) is 4. The monoisotopic (exact) mass is 471 g/mol. The van der Waals surface area contributed by atoms with E-state index in [2.05, 4.69) is 9.97 Å². The van der Waals surface area contributed by atoms with Crippen molar-refractivity contribution in [1.82, 2.24) is 19.5 Å². The zero-order valence-corrected chi connectivity index (χ0v) is 19.5. The van der Waals surface area contributed by atoms with E-state index in [1.165, 1.54) is 28.6 Å². The van der Waals surface area contributed by atoms with Crippen LogP contribution >= 0.6 is 23.1 Å². The first-order valence-electron chi connectivity index (χ1n) is 11.0. The summed E-state index contributed by atoms with van der Waals surface area (Å²) >= 11 is 3.13. The lowest BCUT2D eigenvalue weighted by Crippen LogP contribution is -2.22. The summed E-state index contributed by atoms with van der Waals surface area (Å²) in [6, 6.07) is 17.4. The Kier molecular flexibility index (Phi) is 5.11. The number of thioether (sulfide) groups is 1. The molecule has 0 saturated carbocycles. The lowest BCUT2D eigenvalue weighted by atomic mass is 9.97. The number of rotatable bonds is 4. The van der Waals surface area contributed by atoms with Gasteiger partial charge in [-0.15, -0.1) is 11.3 Å². The second-order valence-corrected chi connectivity index (χ2v) is 10.1. The first-order chi connectivity index (χ1) is 16.2. The lowest BCUT2D eigenvalue weighted by Gasteiger charge is -2.13. The predicted molar refractivity (Wildman–Crippen MR) is 135 cm³/mol. The summed E-state index contributed by atoms with van der Waals surface area (Å²) in [5.74, 6) is 1.55. The SMILES string of the molecule is Nc1nc(CSc2nc3sc4c(c3c(=O)n2-c2ccccc2)CCCC4)nc2ccccc12. The molecule has 0 saturated heterocycles. The van der Waals surface area contributed by atoms with E-state index in [0.717, 1.165) is 46.1 Å². The average molecular weight is 472 g/mol. The van der Waals surface area contributed by atoms with Crippen molar-refractivity contribution in [2.24, 2.45) is 0 Å². The molecular weight excluding hydrogens is 450 g/mol. The molecule has 3 aromatic heterocycles. The van der Waals surface area contributed by atoms with Gasteiger partial charge in [-0.25, -0.2) is 15.0 Å². The third-order valence-corrected chi connectivity index (χ3v) is 8.10. The molecule has 2 aromatic carbocycles. The zero-order chi connectivity index (χ0) is 22.4. The Labute approximate surface area is 198 Å². The summed E-state index contributed by atoms with van der Waals surface area (Å²) in [6.45, 7) is 0. The van der Waals surface area contributed by atoms with Crippen LogP contribution in [0.3, 0.4) is 0 Å². The van der Waals surface area contributed by atoms with Gasteiger partial charge in [0.25, 0.3) is 5.56 Å². The topological polar surface area (TPSA) is 86.7 Å². The third kappa shape index (κ3) is 3.59. The average Bonchev–Trinajstić information content (AvgIpc) is 3.22. The molecule has 1 aliphatic carbocycles. The van der Waals surface area contributed by atoms with E-state index in [1.807, 2.05) is 54.6 Å². The molecule has 2 N–H and O–H groups in total. The molecule has 3 heterocycles. The van der Waals surface area contributed by atoms with Crippen LogP contribution in [0.5, 0.6) is 0 Å². The normalized spacial score (nSPS) is 13.5. The first kappa shape index (κ1) is 20.4. The van der Waals surface area contributed by atoms with Crippen LogP contribution in [0.2, 0.25) is 0 Å². The maximum Gasteiger partial charge on any atom is 0.267 e. The van der Waals surface area contributed by atoms with Crippen molar-refractivity contribution in [2.45, 2.75) is 36.6 Å². The van der Waals surface area contributed by atoms with Gasteiger partial charge in [-0.3, -0.25) is 9.36 Å². The number of aryl methyl sites for hydroxylation is 2. The Hall–Kier alpha value is -3.23. The number of nitrogens with two attached hydrogens (primary N) is 1. The first-order valence-corrected chi connectivity index (χ1v) is 12.8. The Morgan fingerprint density at radius 2 is 1.76 bits per heavy atom. The minimum atomic E-state index is 0.00652. The van der Waals surface area contributed by atoms with E-state index in [4.69, 9.17) is 10.7 Å². The standard InChI is InChI=1S/C25H21N5OS2/c26-22-16-10-4-6-12-18(16)27-20(28-22)14-32-25-29-23-21(17-11-5-7-13-19(17)33-23)24(31)30(25)15-8-2-1-3-9-15/h1-4,6,8-10,12H,5,7,11,13-14H2,(H2,26,27,28). The second-order valence-electron chi connectivity index (χ2n) is 8.09. The van der Waals surface area contributed by atoms with Gasteiger partial charge in [0.05, 0.1) is 22.3 Å². The molecule has 0 spiro atoms. The van der Waals surface area contributed by atoms with Crippen molar-refractivity contribution in [1.29, 1.82) is 0 Å². The second kappa shape index (κ2) is 8.28. The molecule has 6 rings (SSSR count). The Bertz CT molecular complexity index is 1560. The van der Waals surface area contributed by atoms with Gasteiger partial charge < -0.3 is 5.73 Å². The summed E-state index contributed by atoms with van der Waals surface area (Å²) in [6.07, 6.45) is 4.29. The largest absolute Gasteiger partial charge is 0.383 e. The molecule has 8 heteroatoms. The van der Waals surface area contributed by atoms with Crippen molar-refractivity contribution in [3.8, 4) is 5.69 Å². The van der Waals surface area contributed by atoms with Crippen molar-refractivity contribution in [2.75, 3.05) is 5.73 Å². The molecule has 5 aromatic rings. The molecule has 0 atom stereocenters. The molecule has 0 amide bonds. The molecular formula is C25H21N5OS2. The molecule has 0 bridgehead atoms. The Morgan fingerprint density at radius 1 is 0.970 bits per heavy atom. The van der Waals surface area contributed by atoms with Crippen LogP contribution in [-0.4, -0.2) is 19.5 Å². The molecule has 0 radical (unpaired) electrons. The number of para-hydroxylation sites is 2. The summed E-state index contributed by atoms with van der Waals surface area (Å²) in [5, 5.41) is 2.28. The maximum atomic E-state index is 13.8. The minimum Gasteiger partial charge on any atom is -0.383 e. The van der Waals surface area contributed by atoms with Crippen LogP contribution in [0.1, 0.15) is 29.1 Å². The van der Waals surface area contributed by atoms with Crippen molar-refractivity contribution in [3.05, 3.63) is 81.2 Å². The number of aromatic nitrogens is 4. The summed E-state index contributed by atoms with van der Waals surface area (Å²) in [5.41, 5.74) is 9.01. The van der Waals surface area contributed by atoms with Crippen molar-refractivity contribution < 1.29 is 0 Å². The lowest BCUT2D eigenvalue weighted by molar-refractivity contribution is 0.699. The summed E-state index contributed by atoms with van der Waals surface area (Å²) in [7, 11) is 0. The van der Waals surface area contributed by atoms with E-state index in [-0.39, 0.29) is 5.56 Å². The van der Waals surface area contributed by atoms with Crippen LogP contribution in [0.4, 0.5) is 5.82 Å². The van der Waals surface area contributed by atoms with Gasteiger partial charge in [0.15, 0.2) is 5.16 Å². The molecule has 0 unspecified atom stereocenters. The van der Waals surface area contributed by atoms with Gasteiger partial charge in [-0.1, -0.05) is 42.1 Å². The smallest absolute Gasteiger partial charge is 0.267 e. The van der Waals surface area contributed by atoms with Gasteiger partial charge in [0, 0.05) is 10.3 Å². The highest BCUT2D eigenvalue weighted by atomic mass is 32.2. The number of thiophene rings is 1. The van der Waals surface area contributed by atoms with E-state index < -0.39 is 0 Å². The number of fused-ring (bicyclic) bond motifs is 4. The highest BCUT2D eigenvalue weighted by Gasteiger charge is 2.23. The molecule has 0 fully saturated rings. The molecule has 1 aliphatic rings. The summed E-state index contributed by atoms with van der Waals surface area (Å²) < 4.78 is 1.74. The van der Waals surface area contributed by atoms with Crippen molar-refractivity contribution in [3.63, 3.8) is 0 Å². The predicted octanol–water partition coefficient (Wildman–Crippen LogP) is 5.14. The van der Waals surface area contributed by atoms with Gasteiger partial charge in [0.2, 0.25) is 0 Å². The Morgan fingerprint density at radius 3 is 2.64 bits per heavy atom. The van der Waals surface area contributed by atoms with Crippen molar-refractivity contribution >= 4 is 50.0 Å². The van der Waals surface area contributed by atoms with Crippen LogP contribution in [0, 0.1) is 0 Å². The number of hydrogen-bond donors (Lipinski definition) is 1. The van der Waals surface area contributed by atoms with Gasteiger partial charge in [-0.05, 0) is 55.5 Å². The van der Waals surface area contributed by atoms with Gasteiger partial charge in [-0.2, -0.15) is 0 Å². The number of hydrogen-bond acceptors (Lipinski definition) is 7. The molecule has 6 nitrogen and oxygen atoms in total. The number of benzene rings is 2. The fourth-order valence-corrected chi connectivity index (χ4v) is 6.60. The van der Waals surface area contributed by atoms with E-state index in [9.17, 15) is 4.79 Å². The molecule has 33 heavy (non-hydrogen) atoms. The maximum absolute atomic E-state index is 13.8. The van der Waals surface area contributed by atoms with E-state index in [0.29, 0.717) is 22.6 Å². The highest BCUT2D eigenvalue weighted by molar-refractivity contribution is 7.98. The number of anilines is 1. The van der Waals surface area contributed by atoms with Crippen LogP contribution in [-0.2, 0) is 18.6 Å². The van der Waals surface area contributed by atoms with Crippen LogP contribution in [0.25, 0.3) is 26.8 Å². The third-order valence-electron chi connectivity index (χ3n) is 5.98. The van der Waals surface area contributed by atoms with Gasteiger partial charge in [0.1, 0.15) is 16.5 Å². The number of nitrogen functional groups attached to an aromatic ring is 1. The highest BCUT2D eigenvalue weighted by Crippen LogP contribution is 2.35. The fourth-order valence-electron chi connectivity index (χ4n) is 4.43. The zero-order valence-electron chi connectivity index (χ0n) is 17.8. The molecule has 164 valence electrons. The van der Waals surface area contributed by atoms with E-state index in [1.54, 1.807) is 15.9 Å². The Balaban J connectivity index is 1.47. The van der Waals surface area contributed by atoms with E-state index >= 15 is 0 Å². The minimum absolute atomic E-state index is 0.00652. The fraction of sp³-hybridized carbons (Fsp3) is 0.200.